The molecule has 0 fully saturated rings. The SMILES string of the molecule is Cc1c(N)cc(S(=O)(=O)O)cc1Nc1ccc(N)c2c1C(=O)c1ccccc1C2=O. The molecule has 0 unspecified atom stereocenters. The molecule has 0 amide bonds. The standard InChI is InChI=1S/C21H17N3O5S/c1-10-15(23)8-11(30(27,28)29)9-17(10)24-16-7-6-14(22)18-19(16)21(26)13-5-3-2-4-12(13)20(18)25/h2-9,24H,22-23H2,1H3,(H,27,28,29). The third-order valence-electron chi connectivity index (χ3n) is 5.10. The minimum atomic E-state index is -4.50. The fraction of sp³-hybridized carbons (Fsp3) is 0.0476. The van der Waals surface area contributed by atoms with E-state index in [0.717, 1.165) is 6.07 Å². The van der Waals surface area contributed by atoms with Gasteiger partial charge in [0.25, 0.3) is 10.1 Å². The topological polar surface area (TPSA) is 153 Å². The maximum Gasteiger partial charge on any atom is 0.294 e. The van der Waals surface area contributed by atoms with Crippen LogP contribution < -0.4 is 16.8 Å². The molecule has 8 nitrogen and oxygen atoms in total. The number of hydrogen-bond acceptors (Lipinski definition) is 7. The van der Waals surface area contributed by atoms with E-state index in [4.69, 9.17) is 11.5 Å². The Morgan fingerprint density at radius 1 is 0.833 bits per heavy atom. The normalized spacial score (nSPS) is 13.0. The van der Waals surface area contributed by atoms with Gasteiger partial charge in [-0.05, 0) is 36.8 Å². The molecule has 0 aliphatic heterocycles. The van der Waals surface area contributed by atoms with Gasteiger partial charge >= 0.3 is 0 Å². The number of nitrogens with two attached hydrogens (primary N) is 2. The lowest BCUT2D eigenvalue weighted by Crippen LogP contribution is -2.23. The molecule has 152 valence electrons. The number of ketones is 2. The highest BCUT2D eigenvalue weighted by molar-refractivity contribution is 7.85. The Morgan fingerprint density at radius 2 is 1.43 bits per heavy atom. The summed E-state index contributed by atoms with van der Waals surface area (Å²) in [6.45, 7) is 1.65. The van der Waals surface area contributed by atoms with Gasteiger partial charge in [-0.15, -0.1) is 0 Å². The predicted octanol–water partition coefficient (Wildman–Crippen LogP) is 2.93. The monoisotopic (exact) mass is 423 g/mol. The van der Waals surface area contributed by atoms with Crippen molar-refractivity contribution < 1.29 is 22.6 Å². The number of nitrogens with one attached hydrogen (secondary N) is 1. The van der Waals surface area contributed by atoms with Crippen molar-refractivity contribution in [2.45, 2.75) is 11.8 Å². The lowest BCUT2D eigenvalue weighted by atomic mass is 9.82. The smallest absolute Gasteiger partial charge is 0.294 e. The molecular weight excluding hydrogens is 406 g/mol. The Balaban J connectivity index is 1.91. The molecule has 3 aromatic rings. The van der Waals surface area contributed by atoms with E-state index in [1.807, 2.05) is 0 Å². The third kappa shape index (κ3) is 3.00. The lowest BCUT2D eigenvalue weighted by Gasteiger charge is -2.23. The number of carbonyl (C=O) groups excluding carboxylic acids is 2. The van der Waals surface area contributed by atoms with Gasteiger partial charge in [0.2, 0.25) is 0 Å². The minimum Gasteiger partial charge on any atom is -0.398 e. The molecule has 0 saturated heterocycles. The molecule has 4 rings (SSSR count). The van der Waals surface area contributed by atoms with E-state index < -0.39 is 15.0 Å². The summed E-state index contributed by atoms with van der Waals surface area (Å²) in [4.78, 5) is 25.8. The quantitative estimate of drug-likeness (QED) is 0.290. The summed E-state index contributed by atoms with van der Waals surface area (Å²) in [7, 11) is -4.50. The van der Waals surface area contributed by atoms with E-state index in [1.165, 1.54) is 18.2 Å². The van der Waals surface area contributed by atoms with Crippen LogP contribution >= 0.6 is 0 Å². The highest BCUT2D eigenvalue weighted by Crippen LogP contribution is 2.37. The van der Waals surface area contributed by atoms with Crippen LogP contribution in [0.4, 0.5) is 22.7 Å². The molecule has 0 bridgehead atoms. The third-order valence-corrected chi connectivity index (χ3v) is 5.93. The Labute approximate surface area is 172 Å². The number of anilines is 4. The molecule has 1 aliphatic carbocycles. The Kier molecular flexibility index (Phi) is 4.37. The average molecular weight is 423 g/mol. The first-order valence-corrected chi connectivity index (χ1v) is 10.3. The summed E-state index contributed by atoms with van der Waals surface area (Å²) >= 11 is 0. The summed E-state index contributed by atoms with van der Waals surface area (Å²) in [6, 6.07) is 11.8. The maximum absolute atomic E-state index is 13.2. The minimum absolute atomic E-state index is 0.0836. The maximum atomic E-state index is 13.2. The summed E-state index contributed by atoms with van der Waals surface area (Å²) in [5.41, 5.74) is 13.9. The number of hydrogen-bond donors (Lipinski definition) is 4. The molecule has 0 aromatic heterocycles. The first kappa shape index (κ1) is 19.6. The molecule has 9 heteroatoms. The van der Waals surface area contributed by atoms with Gasteiger partial charge in [0.1, 0.15) is 0 Å². The summed E-state index contributed by atoms with van der Waals surface area (Å²) in [6.07, 6.45) is 0. The molecule has 0 heterocycles. The molecule has 3 aromatic carbocycles. The number of rotatable bonds is 3. The Hall–Kier alpha value is -3.69. The van der Waals surface area contributed by atoms with Crippen LogP contribution in [-0.4, -0.2) is 24.5 Å². The zero-order chi connectivity index (χ0) is 21.8. The van der Waals surface area contributed by atoms with Gasteiger partial charge < -0.3 is 16.8 Å². The van der Waals surface area contributed by atoms with Crippen molar-refractivity contribution in [3.63, 3.8) is 0 Å². The van der Waals surface area contributed by atoms with Gasteiger partial charge in [-0.25, -0.2) is 0 Å². The van der Waals surface area contributed by atoms with Crippen molar-refractivity contribution >= 4 is 44.4 Å². The van der Waals surface area contributed by atoms with Crippen LogP contribution in [0.1, 0.15) is 37.4 Å². The van der Waals surface area contributed by atoms with Crippen LogP contribution in [0, 0.1) is 6.92 Å². The van der Waals surface area contributed by atoms with E-state index >= 15 is 0 Å². The van der Waals surface area contributed by atoms with Crippen LogP contribution in [-0.2, 0) is 10.1 Å². The average Bonchev–Trinajstić information content (AvgIpc) is 2.69. The lowest BCUT2D eigenvalue weighted by molar-refractivity contribution is 0.0980. The zero-order valence-electron chi connectivity index (χ0n) is 15.8. The fourth-order valence-corrected chi connectivity index (χ4v) is 4.03. The molecular formula is C21H17N3O5S. The predicted molar refractivity (Wildman–Crippen MR) is 113 cm³/mol. The molecule has 6 N–H and O–H groups in total. The van der Waals surface area contributed by atoms with Crippen LogP contribution in [0.2, 0.25) is 0 Å². The van der Waals surface area contributed by atoms with Gasteiger partial charge in [0, 0.05) is 28.2 Å². The van der Waals surface area contributed by atoms with Gasteiger partial charge in [0.15, 0.2) is 11.6 Å². The van der Waals surface area contributed by atoms with E-state index in [0.29, 0.717) is 5.56 Å². The molecule has 1 aliphatic rings. The Bertz CT molecular complexity index is 1360. The molecule has 0 saturated carbocycles. The van der Waals surface area contributed by atoms with Crippen LogP contribution in [0.25, 0.3) is 0 Å². The van der Waals surface area contributed by atoms with Crippen molar-refractivity contribution in [1.82, 2.24) is 0 Å². The highest BCUT2D eigenvalue weighted by Gasteiger charge is 2.33. The van der Waals surface area contributed by atoms with Gasteiger partial charge in [-0.3, -0.25) is 14.1 Å². The molecule has 30 heavy (non-hydrogen) atoms. The van der Waals surface area contributed by atoms with Crippen molar-refractivity contribution in [3.8, 4) is 0 Å². The second kappa shape index (κ2) is 6.68. The Morgan fingerprint density at radius 3 is 2.03 bits per heavy atom. The van der Waals surface area contributed by atoms with E-state index in [-0.39, 0.29) is 56.6 Å². The summed E-state index contributed by atoms with van der Waals surface area (Å²) in [5.74, 6) is -0.754. The second-order valence-electron chi connectivity index (χ2n) is 6.94. The van der Waals surface area contributed by atoms with Crippen molar-refractivity contribution in [2.24, 2.45) is 0 Å². The van der Waals surface area contributed by atoms with E-state index in [1.54, 1.807) is 31.2 Å². The first-order valence-electron chi connectivity index (χ1n) is 8.85. The second-order valence-corrected chi connectivity index (χ2v) is 8.36. The van der Waals surface area contributed by atoms with Crippen molar-refractivity contribution in [1.29, 1.82) is 0 Å². The summed E-state index contributed by atoms with van der Waals surface area (Å²) in [5, 5.41) is 2.98. The van der Waals surface area contributed by atoms with Crippen molar-refractivity contribution in [3.05, 3.63) is 76.3 Å². The van der Waals surface area contributed by atoms with Gasteiger partial charge in [-0.1, -0.05) is 24.3 Å². The van der Waals surface area contributed by atoms with E-state index in [2.05, 4.69) is 5.32 Å². The number of carbonyl (C=O) groups is 2. The highest BCUT2D eigenvalue weighted by atomic mass is 32.2. The molecule has 0 spiro atoms. The number of fused-ring (bicyclic) bond motifs is 2. The number of nitrogen functional groups attached to an aromatic ring is 2. The van der Waals surface area contributed by atoms with Crippen LogP contribution in [0.3, 0.4) is 0 Å². The van der Waals surface area contributed by atoms with Gasteiger partial charge in [0.05, 0.1) is 21.7 Å². The van der Waals surface area contributed by atoms with Gasteiger partial charge in [-0.2, -0.15) is 8.42 Å². The van der Waals surface area contributed by atoms with E-state index in [9.17, 15) is 22.6 Å². The molecule has 0 atom stereocenters. The van der Waals surface area contributed by atoms with Crippen LogP contribution in [0.5, 0.6) is 0 Å². The first-order chi connectivity index (χ1) is 14.1. The summed E-state index contributed by atoms with van der Waals surface area (Å²) < 4.78 is 32.5. The number of benzene rings is 3. The van der Waals surface area contributed by atoms with Crippen molar-refractivity contribution in [2.75, 3.05) is 16.8 Å². The molecule has 0 radical (unpaired) electrons. The largest absolute Gasteiger partial charge is 0.398 e. The zero-order valence-corrected chi connectivity index (χ0v) is 16.6. The fourth-order valence-electron chi connectivity index (χ4n) is 3.48. The van der Waals surface area contributed by atoms with Crippen LogP contribution in [0.15, 0.2) is 53.4 Å².